The van der Waals surface area contributed by atoms with Crippen LogP contribution in [0.3, 0.4) is 0 Å². The first-order valence-corrected chi connectivity index (χ1v) is 6.64. The lowest BCUT2D eigenvalue weighted by Crippen LogP contribution is -2.33. The van der Waals surface area contributed by atoms with Gasteiger partial charge >= 0.3 is 5.97 Å². The zero-order chi connectivity index (χ0) is 13.5. The molecule has 0 aliphatic rings. The molecular formula is C13H16N2O2S. The number of thioether (sulfide) groups is 1. The molecule has 0 aliphatic heterocycles. The molecule has 1 aromatic carbocycles. The van der Waals surface area contributed by atoms with E-state index in [1.807, 2.05) is 19.1 Å². The Kier molecular flexibility index (Phi) is 5.69. The zero-order valence-corrected chi connectivity index (χ0v) is 11.3. The maximum atomic E-state index is 11.1. The molecule has 1 atom stereocenters. The van der Waals surface area contributed by atoms with E-state index in [4.69, 9.17) is 11.0 Å². The van der Waals surface area contributed by atoms with Crippen molar-refractivity contribution in [2.24, 2.45) is 5.73 Å². The Morgan fingerprint density at radius 2 is 2.33 bits per heavy atom. The Balaban J connectivity index is 2.50. The monoisotopic (exact) mass is 264 g/mol. The summed E-state index contributed by atoms with van der Waals surface area (Å²) in [7, 11) is 1.33. The number of nitriles is 1. The Labute approximate surface area is 111 Å². The summed E-state index contributed by atoms with van der Waals surface area (Å²) >= 11 is 1.58. The van der Waals surface area contributed by atoms with Gasteiger partial charge in [0.2, 0.25) is 0 Å². The summed E-state index contributed by atoms with van der Waals surface area (Å²) in [6, 6.07) is 7.11. The van der Waals surface area contributed by atoms with Gasteiger partial charge in [-0.15, -0.1) is 0 Å². The van der Waals surface area contributed by atoms with E-state index < -0.39 is 6.04 Å². The summed E-state index contributed by atoms with van der Waals surface area (Å²) in [5.41, 5.74) is 8.52. The van der Waals surface area contributed by atoms with Gasteiger partial charge in [0.1, 0.15) is 6.04 Å². The molecule has 1 aromatic rings. The van der Waals surface area contributed by atoms with Crippen LogP contribution in [0.25, 0.3) is 0 Å². The fourth-order valence-corrected chi connectivity index (χ4v) is 2.49. The Bertz CT molecular complexity index is 469. The zero-order valence-electron chi connectivity index (χ0n) is 10.5. The van der Waals surface area contributed by atoms with Crippen LogP contribution in [-0.2, 0) is 15.3 Å². The standard InChI is InChI=1S/C13H16N2O2S/c1-9-5-10(6-14)3-4-11(9)7-18-8-12(15)13(16)17-2/h3-5,12H,7-8,15H2,1-2H3. The highest BCUT2D eigenvalue weighted by Gasteiger charge is 2.13. The highest BCUT2D eigenvalue weighted by Crippen LogP contribution is 2.18. The molecule has 0 aliphatic carbocycles. The minimum Gasteiger partial charge on any atom is -0.468 e. The number of benzene rings is 1. The lowest BCUT2D eigenvalue weighted by atomic mass is 10.1. The molecule has 0 fully saturated rings. The third kappa shape index (κ3) is 4.06. The van der Waals surface area contributed by atoms with Gasteiger partial charge in [-0.25, -0.2) is 0 Å². The number of hydrogen-bond donors (Lipinski definition) is 1. The first-order valence-electron chi connectivity index (χ1n) is 5.49. The summed E-state index contributed by atoms with van der Waals surface area (Å²) in [6.07, 6.45) is 0. The summed E-state index contributed by atoms with van der Waals surface area (Å²) in [4.78, 5) is 11.1. The number of rotatable bonds is 5. The van der Waals surface area contributed by atoms with Crippen molar-refractivity contribution in [1.29, 1.82) is 5.26 Å². The smallest absolute Gasteiger partial charge is 0.323 e. The molecule has 1 unspecified atom stereocenters. The van der Waals surface area contributed by atoms with Crippen molar-refractivity contribution in [2.45, 2.75) is 18.7 Å². The minimum atomic E-state index is -0.585. The Morgan fingerprint density at radius 3 is 2.89 bits per heavy atom. The van der Waals surface area contributed by atoms with Crippen molar-refractivity contribution in [3.63, 3.8) is 0 Å². The molecule has 5 heteroatoms. The van der Waals surface area contributed by atoms with Crippen LogP contribution in [0.2, 0.25) is 0 Å². The third-order valence-electron chi connectivity index (χ3n) is 2.53. The summed E-state index contributed by atoms with van der Waals surface area (Å²) < 4.78 is 4.56. The van der Waals surface area contributed by atoms with Crippen LogP contribution in [0, 0.1) is 18.3 Å². The van der Waals surface area contributed by atoms with E-state index in [1.165, 1.54) is 7.11 Å². The highest BCUT2D eigenvalue weighted by molar-refractivity contribution is 7.98. The molecule has 96 valence electrons. The predicted octanol–water partition coefficient (Wildman–Crippen LogP) is 1.60. The number of carbonyl (C=O) groups is 1. The first kappa shape index (κ1) is 14.6. The van der Waals surface area contributed by atoms with Gasteiger partial charge in [0.15, 0.2) is 0 Å². The van der Waals surface area contributed by atoms with E-state index in [-0.39, 0.29) is 5.97 Å². The predicted molar refractivity (Wildman–Crippen MR) is 72.0 cm³/mol. The van der Waals surface area contributed by atoms with Gasteiger partial charge in [0, 0.05) is 11.5 Å². The molecule has 18 heavy (non-hydrogen) atoms. The van der Waals surface area contributed by atoms with Crippen LogP contribution in [0.5, 0.6) is 0 Å². The molecule has 0 aromatic heterocycles. The van der Waals surface area contributed by atoms with Crippen molar-refractivity contribution in [1.82, 2.24) is 0 Å². The second-order valence-corrected chi connectivity index (χ2v) is 4.93. The molecule has 0 bridgehead atoms. The van der Waals surface area contributed by atoms with E-state index >= 15 is 0 Å². The maximum Gasteiger partial charge on any atom is 0.323 e. The van der Waals surface area contributed by atoms with Crippen LogP contribution >= 0.6 is 11.8 Å². The third-order valence-corrected chi connectivity index (χ3v) is 3.64. The fourth-order valence-electron chi connectivity index (χ4n) is 1.44. The van der Waals surface area contributed by atoms with Crippen LogP contribution in [0.15, 0.2) is 18.2 Å². The minimum absolute atomic E-state index is 0.390. The molecule has 0 saturated heterocycles. The largest absolute Gasteiger partial charge is 0.468 e. The van der Waals surface area contributed by atoms with Gasteiger partial charge in [-0.1, -0.05) is 6.07 Å². The fraction of sp³-hybridized carbons (Fsp3) is 0.385. The van der Waals surface area contributed by atoms with Gasteiger partial charge in [-0.05, 0) is 30.2 Å². The van der Waals surface area contributed by atoms with Crippen LogP contribution in [0.4, 0.5) is 0 Å². The van der Waals surface area contributed by atoms with E-state index in [9.17, 15) is 4.79 Å². The number of hydrogen-bond acceptors (Lipinski definition) is 5. The van der Waals surface area contributed by atoms with E-state index in [0.717, 1.165) is 16.9 Å². The number of esters is 1. The Hall–Kier alpha value is -1.51. The highest BCUT2D eigenvalue weighted by atomic mass is 32.2. The van der Waals surface area contributed by atoms with E-state index in [2.05, 4.69) is 10.8 Å². The van der Waals surface area contributed by atoms with Crippen LogP contribution in [-0.4, -0.2) is 24.9 Å². The van der Waals surface area contributed by atoms with Crippen LogP contribution < -0.4 is 5.73 Å². The molecule has 0 spiro atoms. The summed E-state index contributed by atoms with van der Waals surface area (Å²) in [5.74, 6) is 0.896. The summed E-state index contributed by atoms with van der Waals surface area (Å²) in [5, 5.41) is 8.77. The second kappa shape index (κ2) is 7.04. The lowest BCUT2D eigenvalue weighted by molar-refractivity contribution is -0.141. The number of ether oxygens (including phenoxy) is 1. The average Bonchev–Trinajstić information content (AvgIpc) is 2.39. The summed E-state index contributed by atoms with van der Waals surface area (Å²) in [6.45, 7) is 1.97. The first-order chi connectivity index (χ1) is 8.58. The van der Waals surface area contributed by atoms with Crippen molar-refractivity contribution in [2.75, 3.05) is 12.9 Å². The molecule has 0 radical (unpaired) electrons. The van der Waals surface area contributed by atoms with Crippen molar-refractivity contribution in [3.05, 3.63) is 34.9 Å². The van der Waals surface area contributed by atoms with Gasteiger partial charge in [-0.3, -0.25) is 4.79 Å². The number of carbonyl (C=O) groups excluding carboxylic acids is 1. The maximum absolute atomic E-state index is 11.1. The van der Waals surface area contributed by atoms with Crippen LogP contribution in [0.1, 0.15) is 16.7 Å². The quantitative estimate of drug-likeness (QED) is 0.817. The number of nitrogens with zero attached hydrogens (tertiary/aromatic N) is 1. The number of nitrogens with two attached hydrogens (primary N) is 1. The molecule has 0 saturated carbocycles. The van der Waals surface area contributed by atoms with Gasteiger partial charge in [-0.2, -0.15) is 17.0 Å². The lowest BCUT2D eigenvalue weighted by Gasteiger charge is -2.10. The topological polar surface area (TPSA) is 76.1 Å². The molecule has 0 amide bonds. The van der Waals surface area contributed by atoms with Crippen molar-refractivity contribution < 1.29 is 9.53 Å². The van der Waals surface area contributed by atoms with Crippen molar-refractivity contribution >= 4 is 17.7 Å². The Morgan fingerprint density at radius 1 is 1.61 bits per heavy atom. The molecule has 0 heterocycles. The normalized spacial score (nSPS) is 11.7. The van der Waals surface area contributed by atoms with E-state index in [1.54, 1.807) is 17.8 Å². The second-order valence-electron chi connectivity index (χ2n) is 3.90. The van der Waals surface area contributed by atoms with Gasteiger partial charge < -0.3 is 10.5 Å². The average molecular weight is 264 g/mol. The molecule has 4 nitrogen and oxygen atoms in total. The molecular weight excluding hydrogens is 248 g/mol. The molecule has 1 rings (SSSR count). The SMILES string of the molecule is COC(=O)C(N)CSCc1ccc(C#N)cc1C. The number of aryl methyl sites for hydroxylation is 1. The van der Waals surface area contributed by atoms with Gasteiger partial charge in [0.05, 0.1) is 18.7 Å². The number of methoxy groups -OCH3 is 1. The van der Waals surface area contributed by atoms with Gasteiger partial charge in [0.25, 0.3) is 0 Å². The van der Waals surface area contributed by atoms with E-state index in [0.29, 0.717) is 11.3 Å². The molecule has 2 N–H and O–H groups in total. The van der Waals surface area contributed by atoms with Crippen molar-refractivity contribution in [3.8, 4) is 6.07 Å².